The van der Waals surface area contributed by atoms with Gasteiger partial charge < -0.3 is 9.84 Å². The van der Waals surface area contributed by atoms with Crippen molar-refractivity contribution in [2.24, 2.45) is 0 Å². The van der Waals surface area contributed by atoms with Gasteiger partial charge in [0.2, 0.25) is 6.39 Å². The van der Waals surface area contributed by atoms with E-state index in [-0.39, 0.29) is 0 Å². The fourth-order valence-electron chi connectivity index (χ4n) is 1.17. The minimum absolute atomic E-state index is 0.473. The zero-order valence-electron chi connectivity index (χ0n) is 8.14. The van der Waals surface area contributed by atoms with Crippen LogP contribution in [0, 0.1) is 11.3 Å². The molecule has 6 heteroatoms. The lowest BCUT2D eigenvalue weighted by molar-refractivity contribution is 0.411. The van der Waals surface area contributed by atoms with Crippen molar-refractivity contribution in [2.75, 3.05) is 5.32 Å². The zero-order valence-corrected chi connectivity index (χ0v) is 9.73. The summed E-state index contributed by atoms with van der Waals surface area (Å²) >= 11 is 3.37. The van der Waals surface area contributed by atoms with Gasteiger partial charge in [-0.15, -0.1) is 0 Å². The molecule has 0 atom stereocenters. The van der Waals surface area contributed by atoms with E-state index in [1.807, 2.05) is 6.07 Å². The Labute approximate surface area is 100 Å². The van der Waals surface area contributed by atoms with Gasteiger partial charge in [0.25, 0.3) is 0 Å². The van der Waals surface area contributed by atoms with Gasteiger partial charge in [0.15, 0.2) is 5.82 Å². The van der Waals surface area contributed by atoms with Crippen LogP contribution in [0.3, 0.4) is 0 Å². The number of anilines is 1. The molecule has 0 amide bonds. The van der Waals surface area contributed by atoms with E-state index < -0.39 is 0 Å². The first kappa shape index (κ1) is 10.6. The minimum Gasteiger partial charge on any atom is -0.377 e. The van der Waals surface area contributed by atoms with Gasteiger partial charge in [-0.2, -0.15) is 10.2 Å². The van der Waals surface area contributed by atoms with Gasteiger partial charge in [-0.05, 0) is 34.1 Å². The van der Waals surface area contributed by atoms with Gasteiger partial charge in [0.1, 0.15) is 0 Å². The predicted octanol–water partition coefficient (Wildman–Crippen LogP) is 2.32. The average Bonchev–Trinajstić information content (AvgIpc) is 2.80. The summed E-state index contributed by atoms with van der Waals surface area (Å²) < 4.78 is 5.44. The molecule has 0 bridgehead atoms. The highest BCUT2D eigenvalue weighted by Gasteiger charge is 2.03. The number of benzene rings is 1. The smallest absolute Gasteiger partial charge is 0.213 e. The van der Waals surface area contributed by atoms with Crippen molar-refractivity contribution in [1.29, 1.82) is 5.26 Å². The van der Waals surface area contributed by atoms with Crippen LogP contribution in [-0.2, 0) is 6.54 Å². The topological polar surface area (TPSA) is 74.7 Å². The number of aromatic nitrogens is 2. The van der Waals surface area contributed by atoms with Crippen LogP contribution in [0.1, 0.15) is 11.4 Å². The maximum Gasteiger partial charge on any atom is 0.213 e. The molecule has 2 aromatic rings. The second-order valence-electron chi connectivity index (χ2n) is 3.01. The van der Waals surface area contributed by atoms with Crippen molar-refractivity contribution in [2.45, 2.75) is 6.54 Å². The van der Waals surface area contributed by atoms with Crippen molar-refractivity contribution >= 4 is 21.6 Å². The first-order valence-corrected chi connectivity index (χ1v) is 5.27. The minimum atomic E-state index is 0.473. The molecule has 0 saturated heterocycles. The molecular weight excluding hydrogens is 272 g/mol. The molecule has 1 aromatic heterocycles. The highest BCUT2D eigenvalue weighted by molar-refractivity contribution is 9.10. The lowest BCUT2D eigenvalue weighted by atomic mass is 10.2. The SMILES string of the molecule is N#Cc1ccc(NCc2ncon2)c(Br)c1. The maximum atomic E-state index is 8.71. The summed E-state index contributed by atoms with van der Waals surface area (Å²) in [6, 6.07) is 7.38. The molecule has 0 aliphatic heterocycles. The third kappa shape index (κ3) is 2.38. The van der Waals surface area contributed by atoms with E-state index in [4.69, 9.17) is 5.26 Å². The van der Waals surface area contributed by atoms with Gasteiger partial charge in [0.05, 0.1) is 18.2 Å². The molecule has 1 heterocycles. The van der Waals surface area contributed by atoms with Gasteiger partial charge in [-0.1, -0.05) is 5.16 Å². The van der Waals surface area contributed by atoms with E-state index in [1.54, 1.807) is 12.1 Å². The van der Waals surface area contributed by atoms with Crippen LogP contribution in [0.25, 0.3) is 0 Å². The first-order chi connectivity index (χ1) is 7.79. The molecule has 16 heavy (non-hydrogen) atoms. The molecular formula is C10H7BrN4O. The van der Waals surface area contributed by atoms with Crippen molar-refractivity contribution in [3.8, 4) is 6.07 Å². The summed E-state index contributed by atoms with van der Waals surface area (Å²) in [5.41, 5.74) is 1.49. The van der Waals surface area contributed by atoms with Crippen LogP contribution in [0.4, 0.5) is 5.69 Å². The second-order valence-corrected chi connectivity index (χ2v) is 3.86. The van der Waals surface area contributed by atoms with E-state index in [0.717, 1.165) is 10.2 Å². The molecule has 1 N–H and O–H groups in total. The Bertz CT molecular complexity index is 518. The quantitative estimate of drug-likeness (QED) is 0.933. The van der Waals surface area contributed by atoms with E-state index in [0.29, 0.717) is 17.9 Å². The Morgan fingerprint density at radius 2 is 2.38 bits per heavy atom. The Kier molecular flexibility index (Phi) is 3.17. The molecule has 0 aliphatic carbocycles. The predicted molar refractivity (Wildman–Crippen MR) is 60.5 cm³/mol. The van der Waals surface area contributed by atoms with E-state index >= 15 is 0 Å². The standard InChI is InChI=1S/C10H7BrN4O/c11-8-3-7(4-12)1-2-9(8)13-5-10-14-6-16-15-10/h1-3,6,13H,5H2. The lowest BCUT2D eigenvalue weighted by Gasteiger charge is -2.05. The summed E-state index contributed by atoms with van der Waals surface area (Å²) in [6.45, 7) is 0.473. The normalized spacial score (nSPS) is 9.75. The molecule has 80 valence electrons. The first-order valence-electron chi connectivity index (χ1n) is 4.48. The van der Waals surface area contributed by atoms with Gasteiger partial charge in [-0.25, -0.2) is 0 Å². The number of nitrogens with one attached hydrogen (secondary N) is 1. The summed E-state index contributed by atoms with van der Waals surface area (Å²) in [6.07, 6.45) is 1.28. The molecule has 0 radical (unpaired) electrons. The number of nitriles is 1. The number of hydrogen-bond acceptors (Lipinski definition) is 5. The Morgan fingerprint density at radius 3 is 3.00 bits per heavy atom. The molecule has 0 aliphatic rings. The number of nitrogens with zero attached hydrogens (tertiary/aromatic N) is 3. The van der Waals surface area contributed by atoms with Crippen molar-refractivity contribution in [3.05, 3.63) is 40.5 Å². The van der Waals surface area contributed by atoms with Crippen molar-refractivity contribution in [1.82, 2.24) is 10.1 Å². The van der Waals surface area contributed by atoms with Gasteiger partial charge in [0, 0.05) is 10.2 Å². The largest absolute Gasteiger partial charge is 0.377 e. The van der Waals surface area contributed by atoms with E-state index in [2.05, 4.69) is 42.0 Å². The summed E-state index contributed by atoms with van der Waals surface area (Å²) in [4.78, 5) is 3.89. The van der Waals surface area contributed by atoms with Crippen molar-refractivity contribution in [3.63, 3.8) is 0 Å². The average molecular weight is 279 g/mol. The highest BCUT2D eigenvalue weighted by Crippen LogP contribution is 2.23. The molecule has 5 nitrogen and oxygen atoms in total. The van der Waals surface area contributed by atoms with Gasteiger partial charge >= 0.3 is 0 Å². The zero-order chi connectivity index (χ0) is 11.4. The number of halogens is 1. The summed E-state index contributed by atoms with van der Waals surface area (Å²) in [7, 11) is 0. The Balaban J connectivity index is 2.08. The van der Waals surface area contributed by atoms with Crippen LogP contribution >= 0.6 is 15.9 Å². The van der Waals surface area contributed by atoms with Crippen LogP contribution in [0.2, 0.25) is 0 Å². The molecule has 0 spiro atoms. The fourth-order valence-corrected chi connectivity index (χ4v) is 1.69. The number of hydrogen-bond donors (Lipinski definition) is 1. The number of rotatable bonds is 3. The van der Waals surface area contributed by atoms with Crippen LogP contribution < -0.4 is 5.32 Å². The van der Waals surface area contributed by atoms with Gasteiger partial charge in [-0.3, -0.25) is 0 Å². The van der Waals surface area contributed by atoms with E-state index in [1.165, 1.54) is 6.39 Å². The van der Waals surface area contributed by atoms with Crippen LogP contribution in [0.5, 0.6) is 0 Å². The van der Waals surface area contributed by atoms with E-state index in [9.17, 15) is 0 Å². The monoisotopic (exact) mass is 278 g/mol. The van der Waals surface area contributed by atoms with Crippen LogP contribution in [0.15, 0.2) is 33.6 Å². The third-order valence-corrected chi connectivity index (χ3v) is 2.60. The highest BCUT2D eigenvalue weighted by atomic mass is 79.9. The summed E-state index contributed by atoms with van der Waals surface area (Å²) in [5, 5.41) is 15.5. The molecule has 0 saturated carbocycles. The molecule has 0 unspecified atom stereocenters. The lowest BCUT2D eigenvalue weighted by Crippen LogP contribution is -2.01. The molecule has 2 rings (SSSR count). The second kappa shape index (κ2) is 4.77. The Morgan fingerprint density at radius 1 is 1.50 bits per heavy atom. The molecule has 1 aromatic carbocycles. The molecule has 0 fully saturated rings. The van der Waals surface area contributed by atoms with Crippen LogP contribution in [-0.4, -0.2) is 10.1 Å². The summed E-state index contributed by atoms with van der Waals surface area (Å²) in [5.74, 6) is 0.580. The Hall–Kier alpha value is -1.87. The fraction of sp³-hybridized carbons (Fsp3) is 0.100. The third-order valence-electron chi connectivity index (χ3n) is 1.94. The maximum absolute atomic E-state index is 8.71. The van der Waals surface area contributed by atoms with Crippen molar-refractivity contribution < 1.29 is 4.52 Å².